The minimum atomic E-state index is -0.828. The first kappa shape index (κ1) is 12.7. The zero-order valence-corrected chi connectivity index (χ0v) is 10.6. The van der Waals surface area contributed by atoms with Gasteiger partial charge in [0.15, 0.2) is 5.16 Å². The minimum Gasteiger partial charge on any atom is -0.481 e. The van der Waals surface area contributed by atoms with Crippen LogP contribution in [0.1, 0.15) is 6.42 Å². The van der Waals surface area contributed by atoms with Gasteiger partial charge in [0.1, 0.15) is 0 Å². The van der Waals surface area contributed by atoms with E-state index in [0.29, 0.717) is 0 Å². The number of thioether (sulfide) groups is 1. The Labute approximate surface area is 109 Å². The van der Waals surface area contributed by atoms with Gasteiger partial charge in [0.2, 0.25) is 0 Å². The highest BCUT2D eigenvalue weighted by molar-refractivity contribution is 7.99. The normalized spacial score (nSPS) is 10.7. The maximum absolute atomic E-state index is 10.5. The van der Waals surface area contributed by atoms with E-state index in [-0.39, 0.29) is 5.75 Å². The quantitative estimate of drug-likeness (QED) is 0.766. The van der Waals surface area contributed by atoms with Crippen molar-refractivity contribution in [3.63, 3.8) is 0 Å². The third-order valence-electron chi connectivity index (χ3n) is 2.35. The Kier molecular flexibility index (Phi) is 4.40. The number of carboxylic acids is 1. The van der Waals surface area contributed by atoms with Crippen molar-refractivity contribution in [2.45, 2.75) is 24.7 Å². The summed E-state index contributed by atoms with van der Waals surface area (Å²) in [5, 5.41) is 13.5. The van der Waals surface area contributed by atoms with Crippen LogP contribution in [-0.2, 0) is 17.9 Å². The highest BCUT2D eigenvalue weighted by Crippen LogP contribution is 2.15. The Bertz CT molecular complexity index is 495. The molecule has 0 bridgehead atoms. The summed E-state index contributed by atoms with van der Waals surface area (Å²) in [6.07, 6.45) is 8.17. The molecule has 0 saturated heterocycles. The SMILES string of the molecule is O=C(O)CSc1nccn1CCCn1cccn1. The molecule has 96 valence electrons. The smallest absolute Gasteiger partial charge is 0.313 e. The fourth-order valence-corrected chi connectivity index (χ4v) is 2.27. The number of carbonyl (C=O) groups is 1. The second-order valence-corrected chi connectivity index (χ2v) is 4.65. The highest BCUT2D eigenvalue weighted by atomic mass is 32.2. The fraction of sp³-hybridized carbons (Fsp3) is 0.364. The average molecular weight is 266 g/mol. The lowest BCUT2D eigenvalue weighted by atomic mass is 10.4. The number of rotatable bonds is 7. The minimum absolute atomic E-state index is 0.0379. The number of hydrogen-bond donors (Lipinski definition) is 1. The average Bonchev–Trinajstić information content (AvgIpc) is 2.97. The van der Waals surface area contributed by atoms with Crippen LogP contribution in [0, 0.1) is 0 Å². The van der Waals surface area contributed by atoms with Crippen LogP contribution in [0.25, 0.3) is 0 Å². The predicted molar refractivity (Wildman–Crippen MR) is 67.4 cm³/mol. The maximum Gasteiger partial charge on any atom is 0.313 e. The van der Waals surface area contributed by atoms with Gasteiger partial charge in [-0.15, -0.1) is 0 Å². The summed E-state index contributed by atoms with van der Waals surface area (Å²) in [6.45, 7) is 1.65. The standard InChI is InChI=1S/C11H14N4O2S/c16-10(17)9-18-11-12-4-8-14(11)5-2-7-15-6-1-3-13-15/h1,3-4,6,8H,2,5,7,9H2,(H,16,17). The van der Waals surface area contributed by atoms with E-state index in [1.807, 2.05) is 27.7 Å². The van der Waals surface area contributed by atoms with Crippen molar-refractivity contribution in [3.05, 3.63) is 30.9 Å². The summed E-state index contributed by atoms with van der Waals surface area (Å²) >= 11 is 1.24. The van der Waals surface area contributed by atoms with Crippen LogP contribution in [0.2, 0.25) is 0 Å². The Morgan fingerprint density at radius 2 is 2.22 bits per heavy atom. The Morgan fingerprint density at radius 3 is 2.94 bits per heavy atom. The zero-order valence-electron chi connectivity index (χ0n) is 9.77. The van der Waals surface area contributed by atoms with Crippen molar-refractivity contribution in [1.82, 2.24) is 19.3 Å². The van der Waals surface area contributed by atoms with Crippen molar-refractivity contribution < 1.29 is 9.90 Å². The third-order valence-corrected chi connectivity index (χ3v) is 3.34. The predicted octanol–water partition coefficient (Wildman–Crippen LogP) is 1.35. The molecule has 0 aliphatic heterocycles. The number of aromatic nitrogens is 4. The van der Waals surface area contributed by atoms with E-state index < -0.39 is 5.97 Å². The van der Waals surface area contributed by atoms with Crippen LogP contribution in [0.5, 0.6) is 0 Å². The van der Waals surface area contributed by atoms with E-state index in [2.05, 4.69) is 10.1 Å². The molecule has 2 aromatic rings. The molecule has 0 saturated carbocycles. The van der Waals surface area contributed by atoms with Gasteiger partial charge in [0, 0.05) is 37.9 Å². The highest BCUT2D eigenvalue weighted by Gasteiger charge is 2.06. The van der Waals surface area contributed by atoms with E-state index in [1.165, 1.54) is 11.8 Å². The van der Waals surface area contributed by atoms with Crippen molar-refractivity contribution in [2.75, 3.05) is 5.75 Å². The van der Waals surface area contributed by atoms with Gasteiger partial charge in [0.25, 0.3) is 0 Å². The molecule has 18 heavy (non-hydrogen) atoms. The lowest BCUT2D eigenvalue weighted by Crippen LogP contribution is -2.06. The molecule has 1 N–H and O–H groups in total. The molecule has 0 unspecified atom stereocenters. The lowest BCUT2D eigenvalue weighted by Gasteiger charge is -2.06. The summed E-state index contributed by atoms with van der Waals surface area (Å²) in [5.74, 6) is -0.790. The number of aliphatic carboxylic acids is 1. The Balaban J connectivity index is 1.82. The summed E-state index contributed by atoms with van der Waals surface area (Å²) in [4.78, 5) is 14.6. The second kappa shape index (κ2) is 6.25. The first-order valence-corrected chi connectivity index (χ1v) is 6.57. The monoisotopic (exact) mass is 266 g/mol. The number of nitrogens with zero attached hydrogens (tertiary/aromatic N) is 4. The van der Waals surface area contributed by atoms with Crippen LogP contribution in [0.15, 0.2) is 36.0 Å². The van der Waals surface area contributed by atoms with Gasteiger partial charge in [-0.25, -0.2) is 4.98 Å². The molecule has 0 radical (unpaired) electrons. The molecule has 2 aromatic heterocycles. The van der Waals surface area contributed by atoms with Crippen LogP contribution >= 0.6 is 11.8 Å². The molecule has 2 heterocycles. The van der Waals surface area contributed by atoms with Gasteiger partial charge < -0.3 is 9.67 Å². The number of carboxylic acid groups (broad SMARTS) is 1. The maximum atomic E-state index is 10.5. The number of aryl methyl sites for hydroxylation is 2. The van der Waals surface area contributed by atoms with Crippen molar-refractivity contribution >= 4 is 17.7 Å². The Hall–Kier alpha value is -1.76. The molecule has 6 nitrogen and oxygen atoms in total. The summed E-state index contributed by atoms with van der Waals surface area (Å²) in [5.41, 5.74) is 0. The summed E-state index contributed by atoms with van der Waals surface area (Å²) in [7, 11) is 0. The van der Waals surface area contributed by atoms with Gasteiger partial charge in [-0.2, -0.15) is 5.10 Å². The Morgan fingerprint density at radius 1 is 1.33 bits per heavy atom. The molecule has 0 spiro atoms. The van der Waals surface area contributed by atoms with Crippen molar-refractivity contribution in [2.24, 2.45) is 0 Å². The topological polar surface area (TPSA) is 72.9 Å². The molecule has 0 fully saturated rings. The van der Waals surface area contributed by atoms with E-state index in [0.717, 1.165) is 24.7 Å². The van der Waals surface area contributed by atoms with Crippen LogP contribution < -0.4 is 0 Å². The lowest BCUT2D eigenvalue weighted by molar-refractivity contribution is -0.133. The van der Waals surface area contributed by atoms with Gasteiger partial charge >= 0.3 is 5.97 Å². The van der Waals surface area contributed by atoms with Crippen molar-refractivity contribution in [3.8, 4) is 0 Å². The van der Waals surface area contributed by atoms with Crippen molar-refractivity contribution in [1.29, 1.82) is 0 Å². The molecular weight excluding hydrogens is 252 g/mol. The van der Waals surface area contributed by atoms with Gasteiger partial charge in [-0.1, -0.05) is 11.8 Å². The molecule has 2 rings (SSSR count). The van der Waals surface area contributed by atoms with Gasteiger partial charge in [-0.3, -0.25) is 9.48 Å². The van der Waals surface area contributed by atoms with Crippen LogP contribution in [0.4, 0.5) is 0 Å². The molecule has 0 amide bonds. The van der Waals surface area contributed by atoms with Crippen LogP contribution in [0.3, 0.4) is 0 Å². The first-order valence-electron chi connectivity index (χ1n) is 5.59. The molecule has 7 heteroatoms. The van der Waals surface area contributed by atoms with Gasteiger partial charge in [0.05, 0.1) is 5.75 Å². The zero-order chi connectivity index (χ0) is 12.8. The summed E-state index contributed by atoms with van der Waals surface area (Å²) in [6, 6.07) is 1.89. The van der Waals surface area contributed by atoms with E-state index in [1.54, 1.807) is 12.4 Å². The number of imidazole rings is 1. The fourth-order valence-electron chi connectivity index (χ4n) is 1.57. The molecule has 0 aliphatic carbocycles. The van der Waals surface area contributed by atoms with E-state index >= 15 is 0 Å². The van der Waals surface area contributed by atoms with E-state index in [9.17, 15) is 4.79 Å². The molecule has 0 aromatic carbocycles. The largest absolute Gasteiger partial charge is 0.481 e. The second-order valence-electron chi connectivity index (χ2n) is 3.71. The van der Waals surface area contributed by atoms with Crippen LogP contribution in [-0.4, -0.2) is 36.2 Å². The molecular formula is C11H14N4O2S. The van der Waals surface area contributed by atoms with Gasteiger partial charge in [-0.05, 0) is 12.5 Å². The molecule has 0 atom stereocenters. The number of hydrogen-bond acceptors (Lipinski definition) is 4. The third kappa shape index (κ3) is 3.63. The van der Waals surface area contributed by atoms with E-state index in [4.69, 9.17) is 5.11 Å². The summed E-state index contributed by atoms with van der Waals surface area (Å²) < 4.78 is 3.85. The molecule has 0 aliphatic rings. The first-order chi connectivity index (χ1) is 8.75.